The third kappa shape index (κ3) is 3.50. The molecule has 1 saturated heterocycles. The zero-order valence-corrected chi connectivity index (χ0v) is 12.6. The molecule has 6 heteroatoms. The second-order valence-corrected chi connectivity index (χ2v) is 5.79. The van der Waals surface area contributed by atoms with E-state index >= 15 is 0 Å². The van der Waals surface area contributed by atoms with Gasteiger partial charge in [0.2, 0.25) is 0 Å². The Bertz CT molecular complexity index is 477. The molecule has 1 amide bonds. The Morgan fingerprint density at radius 1 is 1.24 bits per heavy atom. The molecule has 0 spiro atoms. The van der Waals surface area contributed by atoms with E-state index in [1.165, 1.54) is 12.8 Å². The Morgan fingerprint density at radius 3 is 2.57 bits per heavy atom. The van der Waals surface area contributed by atoms with E-state index in [1.807, 2.05) is 11.0 Å². The van der Waals surface area contributed by atoms with Crippen LogP contribution in [0.1, 0.15) is 36.7 Å². The lowest BCUT2D eigenvalue weighted by Crippen LogP contribution is -2.49. The van der Waals surface area contributed by atoms with Crippen LogP contribution in [0, 0.1) is 0 Å². The van der Waals surface area contributed by atoms with Crippen molar-refractivity contribution in [2.24, 2.45) is 0 Å². The van der Waals surface area contributed by atoms with Crippen LogP contribution in [0.25, 0.3) is 0 Å². The van der Waals surface area contributed by atoms with Crippen LogP contribution in [0.15, 0.2) is 12.1 Å². The maximum atomic E-state index is 12.4. The molecule has 21 heavy (non-hydrogen) atoms. The predicted octanol–water partition coefficient (Wildman–Crippen LogP) is 1.22. The summed E-state index contributed by atoms with van der Waals surface area (Å²) in [6.07, 6.45) is 3.69. The van der Waals surface area contributed by atoms with Gasteiger partial charge in [-0.05, 0) is 31.4 Å². The van der Waals surface area contributed by atoms with Gasteiger partial charge in [-0.3, -0.25) is 9.69 Å². The summed E-state index contributed by atoms with van der Waals surface area (Å²) in [5.74, 6) is 0.729. The van der Waals surface area contributed by atoms with Crippen LogP contribution in [0.3, 0.4) is 0 Å². The van der Waals surface area contributed by atoms with Gasteiger partial charge in [-0.15, -0.1) is 10.2 Å². The fourth-order valence-electron chi connectivity index (χ4n) is 2.69. The number of nitrogens with one attached hydrogen (secondary N) is 1. The van der Waals surface area contributed by atoms with Crippen molar-refractivity contribution >= 4 is 11.7 Å². The van der Waals surface area contributed by atoms with Crippen LogP contribution in [-0.4, -0.2) is 64.7 Å². The van der Waals surface area contributed by atoms with Crippen LogP contribution in [0.4, 0.5) is 5.82 Å². The van der Waals surface area contributed by atoms with Gasteiger partial charge in [0.05, 0.1) is 0 Å². The summed E-state index contributed by atoms with van der Waals surface area (Å²) in [5.41, 5.74) is 0.442. The van der Waals surface area contributed by atoms with Gasteiger partial charge in [0.15, 0.2) is 5.69 Å². The Morgan fingerprint density at radius 2 is 2.00 bits per heavy atom. The van der Waals surface area contributed by atoms with Crippen molar-refractivity contribution < 1.29 is 4.79 Å². The molecule has 0 bridgehead atoms. The van der Waals surface area contributed by atoms with Crippen molar-refractivity contribution in [3.8, 4) is 0 Å². The first-order valence-electron chi connectivity index (χ1n) is 7.89. The minimum Gasteiger partial charge on any atom is -0.369 e. The summed E-state index contributed by atoms with van der Waals surface area (Å²) in [7, 11) is 0. The first-order valence-corrected chi connectivity index (χ1v) is 7.89. The standard InChI is InChI=1S/C15H23N5O/c1-2-7-16-14-6-5-13(17-18-14)15(21)20-10-8-19(9-11-20)12-3-4-12/h5-6,12H,2-4,7-11H2,1H3,(H,16,18). The van der Waals surface area contributed by atoms with Crippen molar-refractivity contribution in [1.29, 1.82) is 0 Å². The molecule has 2 aliphatic rings. The number of nitrogens with zero attached hydrogens (tertiary/aromatic N) is 4. The lowest BCUT2D eigenvalue weighted by Gasteiger charge is -2.34. The fraction of sp³-hybridized carbons (Fsp3) is 0.667. The Hall–Kier alpha value is -1.69. The molecule has 6 nitrogen and oxygen atoms in total. The van der Waals surface area contributed by atoms with Crippen molar-refractivity contribution in [1.82, 2.24) is 20.0 Å². The number of aromatic nitrogens is 2. The Labute approximate surface area is 125 Å². The molecule has 0 atom stereocenters. The van der Waals surface area contributed by atoms with E-state index < -0.39 is 0 Å². The molecule has 1 aromatic rings. The van der Waals surface area contributed by atoms with E-state index in [1.54, 1.807) is 6.07 Å². The van der Waals surface area contributed by atoms with E-state index in [9.17, 15) is 4.79 Å². The SMILES string of the molecule is CCCNc1ccc(C(=O)N2CCN(C3CC3)CC2)nn1. The molecule has 0 radical (unpaired) electrons. The van der Waals surface area contributed by atoms with E-state index in [0.717, 1.165) is 51.0 Å². The minimum absolute atomic E-state index is 0.0000107. The molecule has 0 aromatic carbocycles. The van der Waals surface area contributed by atoms with E-state index in [2.05, 4.69) is 27.3 Å². The van der Waals surface area contributed by atoms with Gasteiger partial charge in [0.1, 0.15) is 5.82 Å². The summed E-state index contributed by atoms with van der Waals surface area (Å²) in [6, 6.07) is 4.38. The van der Waals surface area contributed by atoms with Gasteiger partial charge >= 0.3 is 0 Å². The van der Waals surface area contributed by atoms with Gasteiger partial charge in [0.25, 0.3) is 5.91 Å². The molecule has 1 saturated carbocycles. The second kappa shape index (κ2) is 6.39. The number of hydrogen-bond donors (Lipinski definition) is 1. The summed E-state index contributed by atoms with van der Waals surface area (Å²) in [4.78, 5) is 16.8. The molecule has 2 fully saturated rings. The number of anilines is 1. The smallest absolute Gasteiger partial charge is 0.274 e. The summed E-state index contributed by atoms with van der Waals surface area (Å²) in [5, 5.41) is 11.3. The highest BCUT2D eigenvalue weighted by Crippen LogP contribution is 2.27. The number of amides is 1. The van der Waals surface area contributed by atoms with Crippen LogP contribution >= 0.6 is 0 Å². The summed E-state index contributed by atoms with van der Waals surface area (Å²) >= 11 is 0. The average Bonchev–Trinajstić information content (AvgIpc) is 3.38. The molecule has 1 aliphatic heterocycles. The second-order valence-electron chi connectivity index (χ2n) is 5.79. The highest BCUT2D eigenvalue weighted by atomic mass is 16.2. The first-order chi connectivity index (χ1) is 10.3. The molecular weight excluding hydrogens is 266 g/mol. The number of carbonyl (C=O) groups excluding carboxylic acids is 1. The van der Waals surface area contributed by atoms with Gasteiger partial charge in [-0.1, -0.05) is 6.92 Å². The van der Waals surface area contributed by atoms with E-state index in [0.29, 0.717) is 5.69 Å². The van der Waals surface area contributed by atoms with Crippen molar-refractivity contribution in [3.05, 3.63) is 17.8 Å². The summed E-state index contributed by atoms with van der Waals surface area (Å²) < 4.78 is 0. The lowest BCUT2D eigenvalue weighted by atomic mass is 10.2. The topological polar surface area (TPSA) is 61.4 Å². The van der Waals surface area contributed by atoms with Crippen molar-refractivity contribution in [3.63, 3.8) is 0 Å². The molecule has 2 heterocycles. The van der Waals surface area contributed by atoms with Gasteiger partial charge in [-0.2, -0.15) is 0 Å². The monoisotopic (exact) mass is 289 g/mol. The fourth-order valence-corrected chi connectivity index (χ4v) is 2.69. The van der Waals surface area contributed by atoms with Crippen molar-refractivity contribution in [2.45, 2.75) is 32.2 Å². The maximum Gasteiger partial charge on any atom is 0.274 e. The van der Waals surface area contributed by atoms with Gasteiger partial charge in [-0.25, -0.2) is 0 Å². The molecular formula is C15H23N5O. The van der Waals surface area contributed by atoms with Gasteiger partial charge in [0, 0.05) is 38.8 Å². The molecule has 1 aliphatic carbocycles. The third-order valence-electron chi connectivity index (χ3n) is 4.10. The highest BCUT2D eigenvalue weighted by molar-refractivity contribution is 5.92. The summed E-state index contributed by atoms with van der Waals surface area (Å²) in [6.45, 7) is 6.53. The van der Waals surface area contributed by atoms with Crippen LogP contribution in [-0.2, 0) is 0 Å². The molecule has 1 aromatic heterocycles. The van der Waals surface area contributed by atoms with Crippen LogP contribution in [0.5, 0.6) is 0 Å². The highest BCUT2D eigenvalue weighted by Gasteiger charge is 2.32. The quantitative estimate of drug-likeness (QED) is 0.883. The maximum absolute atomic E-state index is 12.4. The molecule has 114 valence electrons. The Balaban J connectivity index is 1.54. The number of hydrogen-bond acceptors (Lipinski definition) is 5. The normalized spacial score (nSPS) is 19.6. The zero-order valence-electron chi connectivity index (χ0n) is 12.6. The van der Waals surface area contributed by atoms with E-state index in [-0.39, 0.29) is 5.91 Å². The Kier molecular flexibility index (Phi) is 4.34. The largest absolute Gasteiger partial charge is 0.369 e. The third-order valence-corrected chi connectivity index (χ3v) is 4.10. The van der Waals surface area contributed by atoms with E-state index in [4.69, 9.17) is 0 Å². The van der Waals surface area contributed by atoms with Crippen LogP contribution in [0.2, 0.25) is 0 Å². The van der Waals surface area contributed by atoms with Gasteiger partial charge < -0.3 is 10.2 Å². The zero-order chi connectivity index (χ0) is 14.7. The number of carbonyl (C=O) groups is 1. The number of rotatable bonds is 5. The molecule has 3 rings (SSSR count). The minimum atomic E-state index is -0.0000107. The average molecular weight is 289 g/mol. The van der Waals surface area contributed by atoms with Crippen molar-refractivity contribution in [2.75, 3.05) is 38.0 Å². The predicted molar refractivity (Wildman–Crippen MR) is 81.3 cm³/mol. The molecule has 1 N–H and O–H groups in total. The van der Waals surface area contributed by atoms with Crippen LogP contribution < -0.4 is 5.32 Å². The molecule has 0 unspecified atom stereocenters. The first kappa shape index (κ1) is 14.3. The lowest BCUT2D eigenvalue weighted by molar-refractivity contribution is 0.0620. The number of piperazine rings is 1.